The van der Waals surface area contributed by atoms with E-state index in [0.717, 1.165) is 5.82 Å². The first kappa shape index (κ1) is 8.56. The molecule has 1 rings (SSSR count). The Labute approximate surface area is 70.8 Å². The minimum Gasteiger partial charge on any atom is -0.381 e. The summed E-state index contributed by atoms with van der Waals surface area (Å²) in [6, 6.07) is 0. The van der Waals surface area contributed by atoms with Gasteiger partial charge in [-0.15, -0.1) is 0 Å². The van der Waals surface area contributed by atoms with E-state index < -0.39 is 6.10 Å². The molecule has 0 saturated heterocycles. The highest BCUT2D eigenvalue weighted by Gasteiger charge is 2.20. The Bertz CT molecular complexity index is 268. The van der Waals surface area contributed by atoms with Crippen LogP contribution in [0.1, 0.15) is 18.9 Å². The van der Waals surface area contributed by atoms with Crippen LogP contribution >= 0.6 is 11.6 Å². The Morgan fingerprint density at radius 3 is 2.45 bits per heavy atom. The largest absolute Gasteiger partial charge is 0.381 e. The van der Waals surface area contributed by atoms with Crippen molar-refractivity contribution in [1.29, 1.82) is 0 Å². The molecule has 1 N–H and O–H groups in total. The van der Waals surface area contributed by atoms with E-state index in [0.29, 0.717) is 5.15 Å². The molecule has 0 amide bonds. The van der Waals surface area contributed by atoms with Gasteiger partial charge in [0.25, 0.3) is 5.82 Å². The quantitative estimate of drug-likeness (QED) is 0.621. The smallest absolute Gasteiger partial charge is 0.286 e. The van der Waals surface area contributed by atoms with Crippen molar-refractivity contribution in [3.63, 3.8) is 0 Å². The van der Waals surface area contributed by atoms with Gasteiger partial charge >= 0.3 is 0 Å². The van der Waals surface area contributed by atoms with Gasteiger partial charge in [0.2, 0.25) is 5.15 Å². The summed E-state index contributed by atoms with van der Waals surface area (Å²) in [5, 5.41) is 9.93. The molecule has 1 aromatic heterocycles. The van der Waals surface area contributed by atoms with Crippen LogP contribution in [-0.2, 0) is 14.1 Å². The molecule has 62 valence electrons. The van der Waals surface area contributed by atoms with Gasteiger partial charge in [0.05, 0.1) is 14.1 Å². The Hall–Kier alpha value is -0.540. The minimum absolute atomic E-state index is 0.488. The van der Waals surface area contributed by atoms with Crippen molar-refractivity contribution in [2.24, 2.45) is 14.1 Å². The zero-order valence-electron chi connectivity index (χ0n) is 6.87. The van der Waals surface area contributed by atoms with Crippen molar-refractivity contribution in [3.8, 4) is 0 Å². The molecule has 3 nitrogen and oxygen atoms in total. The van der Waals surface area contributed by atoms with Crippen LogP contribution in [0.25, 0.3) is 0 Å². The second kappa shape index (κ2) is 2.83. The van der Waals surface area contributed by atoms with Crippen molar-refractivity contribution in [3.05, 3.63) is 17.2 Å². The number of halogens is 1. The number of hydrogen-bond donors (Lipinski definition) is 1. The van der Waals surface area contributed by atoms with Crippen LogP contribution in [0, 0.1) is 0 Å². The first-order valence-electron chi connectivity index (χ1n) is 3.43. The van der Waals surface area contributed by atoms with E-state index in [1.165, 1.54) is 0 Å². The summed E-state index contributed by atoms with van der Waals surface area (Å²) in [5.41, 5.74) is 0. The number of aryl methyl sites for hydroxylation is 1. The van der Waals surface area contributed by atoms with Crippen LogP contribution in [-0.4, -0.2) is 9.67 Å². The molecule has 0 radical (unpaired) electrons. The molecular weight excluding hydrogens is 164 g/mol. The van der Waals surface area contributed by atoms with Gasteiger partial charge in [0.1, 0.15) is 6.20 Å². The zero-order chi connectivity index (χ0) is 8.59. The molecule has 4 heteroatoms. The third-order valence-corrected chi connectivity index (χ3v) is 2.05. The Kier molecular flexibility index (Phi) is 2.20. The van der Waals surface area contributed by atoms with E-state index in [4.69, 9.17) is 11.6 Å². The van der Waals surface area contributed by atoms with Crippen molar-refractivity contribution >= 4 is 11.6 Å². The lowest BCUT2D eigenvalue weighted by Gasteiger charge is -1.99. The predicted molar refractivity (Wildman–Crippen MR) is 42.2 cm³/mol. The lowest BCUT2D eigenvalue weighted by molar-refractivity contribution is -0.682. The third kappa shape index (κ3) is 1.39. The maximum absolute atomic E-state index is 9.30. The SMILES string of the molecule is C[C@@H](O)c1n(C)c(Cl)c[n+]1C. The predicted octanol–water partition coefficient (Wildman–Crippen LogP) is 0.556. The number of aromatic nitrogens is 2. The average Bonchev–Trinajstić information content (AvgIpc) is 2.07. The van der Waals surface area contributed by atoms with E-state index in [1.54, 1.807) is 17.7 Å². The zero-order valence-corrected chi connectivity index (χ0v) is 7.63. The summed E-state index contributed by atoms with van der Waals surface area (Å²) in [7, 11) is 3.68. The van der Waals surface area contributed by atoms with Crippen LogP contribution < -0.4 is 4.57 Å². The fourth-order valence-corrected chi connectivity index (χ4v) is 1.47. The van der Waals surface area contributed by atoms with Crippen LogP contribution in [0.3, 0.4) is 0 Å². The molecule has 0 saturated carbocycles. The van der Waals surface area contributed by atoms with Gasteiger partial charge in [-0.05, 0) is 18.5 Å². The second-order valence-electron chi connectivity index (χ2n) is 2.66. The Morgan fingerprint density at radius 1 is 1.73 bits per heavy atom. The number of aliphatic hydroxyl groups excluding tert-OH is 1. The minimum atomic E-state index is -0.488. The molecule has 0 aromatic carbocycles. The number of aliphatic hydroxyl groups is 1. The summed E-state index contributed by atoms with van der Waals surface area (Å²) in [6.07, 6.45) is 1.28. The molecule has 1 aromatic rings. The summed E-state index contributed by atoms with van der Waals surface area (Å²) in [5.74, 6) is 0.801. The molecule has 0 spiro atoms. The first-order chi connectivity index (χ1) is 5.04. The average molecular weight is 176 g/mol. The highest BCUT2D eigenvalue weighted by Crippen LogP contribution is 2.12. The van der Waals surface area contributed by atoms with E-state index >= 15 is 0 Å². The molecule has 1 heterocycles. The number of hydrogen-bond acceptors (Lipinski definition) is 1. The van der Waals surface area contributed by atoms with Gasteiger partial charge < -0.3 is 5.11 Å². The fraction of sp³-hybridized carbons (Fsp3) is 0.571. The highest BCUT2D eigenvalue weighted by molar-refractivity contribution is 6.29. The molecule has 0 aliphatic rings. The summed E-state index contributed by atoms with van der Waals surface area (Å²) in [4.78, 5) is 0. The molecule has 1 atom stereocenters. The summed E-state index contributed by atoms with van der Waals surface area (Å²) >= 11 is 5.81. The Balaban J connectivity index is 3.22. The van der Waals surface area contributed by atoms with Crippen LogP contribution in [0.2, 0.25) is 5.15 Å². The summed E-state index contributed by atoms with van der Waals surface area (Å²) < 4.78 is 3.57. The topological polar surface area (TPSA) is 29.0 Å². The monoisotopic (exact) mass is 175 g/mol. The molecule has 0 aliphatic carbocycles. The standard InChI is InChI=1S/C7H12ClN2O/c1-5(11)7-9(2)4-6(8)10(7)3/h4-5,11H,1-3H3/q+1/t5-/m1/s1. The lowest BCUT2D eigenvalue weighted by atomic mass is 10.4. The molecule has 0 fully saturated rings. The van der Waals surface area contributed by atoms with Gasteiger partial charge in [0, 0.05) is 0 Å². The van der Waals surface area contributed by atoms with E-state index in [9.17, 15) is 5.11 Å². The van der Waals surface area contributed by atoms with Gasteiger partial charge in [-0.2, -0.15) is 0 Å². The maximum Gasteiger partial charge on any atom is 0.286 e. The molecule has 0 aliphatic heterocycles. The summed E-state index contributed by atoms with van der Waals surface area (Å²) in [6.45, 7) is 1.71. The van der Waals surface area contributed by atoms with Crippen LogP contribution in [0.4, 0.5) is 0 Å². The van der Waals surface area contributed by atoms with Gasteiger partial charge in [0.15, 0.2) is 6.10 Å². The van der Waals surface area contributed by atoms with E-state index in [-0.39, 0.29) is 0 Å². The lowest BCUT2D eigenvalue weighted by Crippen LogP contribution is -2.33. The normalized spacial score (nSPS) is 13.5. The van der Waals surface area contributed by atoms with Gasteiger partial charge in [-0.25, -0.2) is 9.13 Å². The number of imidazole rings is 1. The van der Waals surface area contributed by atoms with Gasteiger partial charge in [-0.3, -0.25) is 0 Å². The van der Waals surface area contributed by atoms with Crippen LogP contribution in [0.15, 0.2) is 6.20 Å². The van der Waals surface area contributed by atoms with E-state index in [2.05, 4.69) is 0 Å². The Morgan fingerprint density at radius 2 is 2.27 bits per heavy atom. The number of nitrogens with zero attached hydrogens (tertiary/aromatic N) is 2. The van der Waals surface area contributed by atoms with Crippen molar-refractivity contribution < 1.29 is 9.67 Å². The maximum atomic E-state index is 9.30. The van der Waals surface area contributed by atoms with Crippen molar-refractivity contribution in [1.82, 2.24) is 4.57 Å². The van der Waals surface area contributed by atoms with Gasteiger partial charge in [-0.1, -0.05) is 0 Å². The highest BCUT2D eigenvalue weighted by atomic mass is 35.5. The third-order valence-electron chi connectivity index (χ3n) is 1.70. The fourth-order valence-electron chi connectivity index (χ4n) is 1.23. The van der Waals surface area contributed by atoms with Crippen LogP contribution in [0.5, 0.6) is 0 Å². The molecule has 11 heavy (non-hydrogen) atoms. The van der Waals surface area contributed by atoms with Crippen molar-refractivity contribution in [2.45, 2.75) is 13.0 Å². The van der Waals surface area contributed by atoms with E-state index in [1.807, 2.05) is 18.7 Å². The molecule has 0 unspecified atom stereocenters. The number of rotatable bonds is 1. The first-order valence-corrected chi connectivity index (χ1v) is 3.80. The second-order valence-corrected chi connectivity index (χ2v) is 3.04. The molecule has 0 bridgehead atoms. The van der Waals surface area contributed by atoms with Crippen molar-refractivity contribution in [2.75, 3.05) is 0 Å². The molecular formula is C7H12ClN2O+.